The molecule has 1 amide bonds. The molecule has 0 aliphatic heterocycles. The van der Waals surface area contributed by atoms with Crippen LogP contribution in [-0.4, -0.2) is 15.3 Å². The van der Waals surface area contributed by atoms with E-state index in [1.807, 2.05) is 76.6 Å². The van der Waals surface area contributed by atoms with Gasteiger partial charge in [-0.1, -0.05) is 60.7 Å². The van der Waals surface area contributed by atoms with Crippen LogP contribution < -0.4 is 5.32 Å². The SMILES string of the molecule is O=C(Cc1csc2nc(-c3ccc(F)cc3)cn12)NC(c1ccccc1)c1ccccc1. The van der Waals surface area contributed by atoms with Crippen LogP contribution >= 0.6 is 11.3 Å². The third kappa shape index (κ3) is 4.18. The van der Waals surface area contributed by atoms with Crippen molar-refractivity contribution in [2.24, 2.45) is 0 Å². The number of carbonyl (C=O) groups excluding carboxylic acids is 1. The molecule has 0 unspecified atom stereocenters. The first kappa shape index (κ1) is 20.2. The molecule has 0 saturated heterocycles. The van der Waals surface area contributed by atoms with E-state index in [0.717, 1.165) is 33.0 Å². The molecule has 32 heavy (non-hydrogen) atoms. The summed E-state index contributed by atoms with van der Waals surface area (Å²) in [5.41, 5.74) is 4.52. The fraction of sp³-hybridized carbons (Fsp3) is 0.0769. The molecular weight excluding hydrogens is 421 g/mol. The summed E-state index contributed by atoms with van der Waals surface area (Å²) < 4.78 is 15.2. The normalized spacial score (nSPS) is 11.2. The van der Waals surface area contributed by atoms with E-state index < -0.39 is 0 Å². The highest BCUT2D eigenvalue weighted by Crippen LogP contribution is 2.25. The van der Waals surface area contributed by atoms with Crippen molar-refractivity contribution >= 4 is 22.2 Å². The largest absolute Gasteiger partial charge is 0.345 e. The second kappa shape index (κ2) is 8.77. The van der Waals surface area contributed by atoms with E-state index in [2.05, 4.69) is 10.3 Å². The van der Waals surface area contributed by atoms with Crippen LogP contribution in [0.4, 0.5) is 4.39 Å². The van der Waals surface area contributed by atoms with E-state index in [-0.39, 0.29) is 24.2 Å². The Hall–Kier alpha value is -3.77. The summed E-state index contributed by atoms with van der Waals surface area (Å²) in [6.45, 7) is 0. The third-order valence-electron chi connectivity index (χ3n) is 5.34. The zero-order chi connectivity index (χ0) is 21.9. The number of hydrogen-bond acceptors (Lipinski definition) is 3. The van der Waals surface area contributed by atoms with E-state index in [1.165, 1.54) is 23.5 Å². The summed E-state index contributed by atoms with van der Waals surface area (Å²) in [5, 5.41) is 5.14. The van der Waals surface area contributed by atoms with Crippen LogP contribution in [0.2, 0.25) is 0 Å². The minimum absolute atomic E-state index is 0.0700. The van der Waals surface area contributed by atoms with Crippen molar-refractivity contribution in [1.29, 1.82) is 0 Å². The summed E-state index contributed by atoms with van der Waals surface area (Å²) in [6, 6.07) is 25.9. The number of imidazole rings is 1. The first-order valence-corrected chi connectivity index (χ1v) is 11.2. The van der Waals surface area contributed by atoms with E-state index in [1.54, 1.807) is 12.1 Å². The van der Waals surface area contributed by atoms with Crippen LogP contribution in [0.3, 0.4) is 0 Å². The van der Waals surface area contributed by atoms with Crippen molar-refractivity contribution in [2.45, 2.75) is 12.5 Å². The van der Waals surface area contributed by atoms with E-state index in [4.69, 9.17) is 0 Å². The second-order valence-corrected chi connectivity index (χ2v) is 8.35. The molecule has 1 N–H and O–H groups in total. The smallest absolute Gasteiger partial charge is 0.226 e. The maximum absolute atomic E-state index is 13.2. The number of nitrogens with one attached hydrogen (secondary N) is 1. The summed E-state index contributed by atoms with van der Waals surface area (Å²) in [7, 11) is 0. The molecule has 4 nitrogen and oxygen atoms in total. The maximum atomic E-state index is 13.2. The standard InChI is InChI=1S/C26H20FN3OS/c27-21-13-11-18(12-14-21)23-16-30-22(17-32-26(30)28-23)15-24(31)29-25(19-7-3-1-4-8-19)20-9-5-2-6-10-20/h1-14,16-17,25H,15H2,(H,29,31). The summed E-state index contributed by atoms with van der Waals surface area (Å²) >= 11 is 1.48. The fourth-order valence-electron chi connectivity index (χ4n) is 3.74. The number of halogens is 1. The Balaban J connectivity index is 1.38. The maximum Gasteiger partial charge on any atom is 0.226 e. The molecule has 0 aliphatic carbocycles. The number of benzene rings is 3. The van der Waals surface area contributed by atoms with Gasteiger partial charge in [-0.25, -0.2) is 9.37 Å². The molecule has 5 aromatic rings. The average molecular weight is 442 g/mol. The molecule has 2 heterocycles. The Morgan fingerprint density at radius 2 is 1.56 bits per heavy atom. The lowest BCUT2D eigenvalue weighted by Crippen LogP contribution is -2.30. The lowest BCUT2D eigenvalue weighted by Gasteiger charge is -2.20. The molecule has 0 radical (unpaired) electrons. The number of thiazole rings is 1. The lowest BCUT2D eigenvalue weighted by atomic mass is 9.98. The van der Waals surface area contributed by atoms with Gasteiger partial charge in [0.2, 0.25) is 5.91 Å². The molecule has 0 spiro atoms. The first-order valence-electron chi connectivity index (χ1n) is 10.3. The van der Waals surface area contributed by atoms with Crippen LogP contribution in [0.5, 0.6) is 0 Å². The van der Waals surface area contributed by atoms with Gasteiger partial charge in [0.1, 0.15) is 5.82 Å². The molecule has 5 rings (SSSR count). The van der Waals surface area contributed by atoms with Gasteiger partial charge in [0.05, 0.1) is 18.2 Å². The highest BCUT2D eigenvalue weighted by molar-refractivity contribution is 7.15. The van der Waals surface area contributed by atoms with Crippen molar-refractivity contribution in [3.8, 4) is 11.3 Å². The molecule has 6 heteroatoms. The molecular formula is C26H20FN3OS. The minimum atomic E-state index is -0.279. The van der Waals surface area contributed by atoms with E-state index >= 15 is 0 Å². The topological polar surface area (TPSA) is 46.4 Å². The Labute approximate surface area is 189 Å². The summed E-state index contributed by atoms with van der Waals surface area (Å²) in [4.78, 5) is 18.5. The molecule has 3 aromatic carbocycles. The van der Waals surface area contributed by atoms with Gasteiger partial charge in [-0.15, -0.1) is 11.3 Å². The number of nitrogens with zero attached hydrogens (tertiary/aromatic N) is 2. The fourth-order valence-corrected chi connectivity index (χ4v) is 4.62. The van der Waals surface area contributed by atoms with Gasteiger partial charge in [0, 0.05) is 22.8 Å². The molecule has 0 aliphatic rings. The van der Waals surface area contributed by atoms with Gasteiger partial charge in [-0.3, -0.25) is 9.20 Å². The predicted molar refractivity (Wildman–Crippen MR) is 125 cm³/mol. The predicted octanol–water partition coefficient (Wildman–Crippen LogP) is 5.65. The van der Waals surface area contributed by atoms with Crippen LogP contribution in [0.15, 0.2) is 96.5 Å². The molecule has 0 bridgehead atoms. The van der Waals surface area contributed by atoms with Crippen LogP contribution in [0.1, 0.15) is 22.9 Å². The quantitative estimate of drug-likeness (QED) is 0.370. The zero-order valence-electron chi connectivity index (χ0n) is 17.1. The van der Waals surface area contributed by atoms with Crippen molar-refractivity contribution in [2.75, 3.05) is 0 Å². The van der Waals surface area contributed by atoms with E-state index in [9.17, 15) is 9.18 Å². The van der Waals surface area contributed by atoms with Gasteiger partial charge >= 0.3 is 0 Å². The molecule has 0 fully saturated rings. The van der Waals surface area contributed by atoms with Crippen molar-refractivity contribution in [1.82, 2.24) is 14.7 Å². The highest BCUT2D eigenvalue weighted by Gasteiger charge is 2.18. The zero-order valence-corrected chi connectivity index (χ0v) is 17.9. The van der Waals surface area contributed by atoms with Crippen molar-refractivity contribution in [3.63, 3.8) is 0 Å². The van der Waals surface area contributed by atoms with Gasteiger partial charge in [0.15, 0.2) is 4.96 Å². The number of rotatable bonds is 6. The number of fused-ring (bicyclic) bond motifs is 1. The van der Waals surface area contributed by atoms with Crippen LogP contribution in [-0.2, 0) is 11.2 Å². The molecule has 158 valence electrons. The Bertz CT molecular complexity index is 1310. The van der Waals surface area contributed by atoms with Crippen LogP contribution in [0, 0.1) is 5.82 Å². The van der Waals surface area contributed by atoms with Gasteiger partial charge < -0.3 is 5.32 Å². The summed E-state index contributed by atoms with van der Waals surface area (Å²) in [6.07, 6.45) is 2.13. The lowest BCUT2D eigenvalue weighted by molar-refractivity contribution is -0.121. The van der Waals surface area contributed by atoms with Crippen molar-refractivity contribution in [3.05, 3.63) is 119 Å². The third-order valence-corrected chi connectivity index (χ3v) is 6.22. The number of hydrogen-bond donors (Lipinski definition) is 1. The first-order chi connectivity index (χ1) is 15.7. The Morgan fingerprint density at radius 3 is 2.19 bits per heavy atom. The Kier molecular flexibility index (Phi) is 5.52. The number of carbonyl (C=O) groups is 1. The van der Waals surface area contributed by atoms with Gasteiger partial charge in [0.25, 0.3) is 0 Å². The number of aromatic nitrogens is 2. The van der Waals surface area contributed by atoms with Crippen molar-refractivity contribution < 1.29 is 9.18 Å². The number of amides is 1. The molecule has 0 saturated carbocycles. The van der Waals surface area contributed by atoms with E-state index in [0.29, 0.717) is 0 Å². The molecule has 0 atom stereocenters. The Morgan fingerprint density at radius 1 is 0.938 bits per heavy atom. The molecule has 2 aromatic heterocycles. The minimum Gasteiger partial charge on any atom is -0.345 e. The summed E-state index contributed by atoms with van der Waals surface area (Å²) in [5.74, 6) is -0.349. The monoisotopic (exact) mass is 441 g/mol. The highest BCUT2D eigenvalue weighted by atomic mass is 32.1. The van der Waals surface area contributed by atoms with Gasteiger partial charge in [-0.2, -0.15) is 0 Å². The average Bonchev–Trinajstić information content (AvgIpc) is 3.41. The van der Waals surface area contributed by atoms with Gasteiger partial charge in [-0.05, 0) is 35.4 Å². The van der Waals surface area contributed by atoms with Crippen LogP contribution in [0.25, 0.3) is 16.2 Å². The second-order valence-electron chi connectivity index (χ2n) is 7.51.